The number of H-pyrrole nitrogens is 1. The third-order valence-electron chi connectivity index (χ3n) is 5.04. The van der Waals surface area contributed by atoms with Crippen LogP contribution in [0.1, 0.15) is 37.3 Å². The summed E-state index contributed by atoms with van der Waals surface area (Å²) in [6.07, 6.45) is 2.29. The van der Waals surface area contributed by atoms with E-state index in [-0.39, 0.29) is 17.4 Å². The molecule has 0 radical (unpaired) electrons. The van der Waals surface area contributed by atoms with E-state index in [0.717, 1.165) is 22.3 Å². The topological polar surface area (TPSA) is 71.2 Å². The molecule has 3 aromatic rings. The fourth-order valence-electron chi connectivity index (χ4n) is 3.76. The lowest BCUT2D eigenvalue weighted by atomic mass is 9.84. The van der Waals surface area contributed by atoms with Gasteiger partial charge in [-0.2, -0.15) is 0 Å². The smallest absolute Gasteiger partial charge is 0.255 e. The van der Waals surface area contributed by atoms with E-state index in [9.17, 15) is 9.59 Å². The molecule has 0 saturated carbocycles. The number of aromatic amines is 1. The van der Waals surface area contributed by atoms with E-state index in [2.05, 4.69) is 10.3 Å². The number of pyridine rings is 1. The van der Waals surface area contributed by atoms with Gasteiger partial charge in [-0.25, -0.2) is 0 Å². The molecule has 5 nitrogen and oxygen atoms in total. The van der Waals surface area contributed by atoms with Crippen molar-refractivity contribution in [3.63, 3.8) is 0 Å². The van der Waals surface area contributed by atoms with E-state index in [1.54, 1.807) is 12.3 Å². The van der Waals surface area contributed by atoms with E-state index < -0.39 is 5.60 Å². The Hall–Kier alpha value is -3.08. The number of benzene rings is 2. The minimum Gasteiger partial charge on any atom is -0.488 e. The maximum absolute atomic E-state index is 13.0. The summed E-state index contributed by atoms with van der Waals surface area (Å²) in [6.45, 7) is 4.35. The zero-order valence-corrected chi connectivity index (χ0v) is 15.4. The van der Waals surface area contributed by atoms with Crippen LogP contribution >= 0.6 is 0 Å². The lowest BCUT2D eigenvalue weighted by Crippen LogP contribution is -2.40. The van der Waals surface area contributed by atoms with Gasteiger partial charge < -0.3 is 15.0 Å². The first-order chi connectivity index (χ1) is 12.9. The number of hydrogen-bond acceptors (Lipinski definition) is 3. The number of ether oxygens (including phenoxy) is 1. The average Bonchev–Trinajstić information content (AvgIpc) is 2.66. The number of hydrogen-bond donors (Lipinski definition) is 2. The fourth-order valence-corrected chi connectivity index (χ4v) is 3.76. The number of fused-ring (bicyclic) bond motifs is 2. The van der Waals surface area contributed by atoms with Crippen LogP contribution in [0, 0.1) is 0 Å². The largest absolute Gasteiger partial charge is 0.488 e. The first-order valence-corrected chi connectivity index (χ1v) is 9.09. The van der Waals surface area contributed by atoms with Crippen LogP contribution in [0.2, 0.25) is 0 Å². The van der Waals surface area contributed by atoms with Crippen LogP contribution in [0.3, 0.4) is 0 Å². The quantitative estimate of drug-likeness (QED) is 0.749. The van der Waals surface area contributed by atoms with Gasteiger partial charge in [0.1, 0.15) is 11.4 Å². The Morgan fingerprint density at radius 2 is 1.85 bits per heavy atom. The number of aromatic nitrogens is 1. The van der Waals surface area contributed by atoms with Crippen LogP contribution in [0.4, 0.5) is 0 Å². The second kappa shape index (κ2) is 6.58. The fraction of sp³-hybridized carbons (Fsp3) is 0.273. The van der Waals surface area contributed by atoms with Crippen molar-refractivity contribution in [1.82, 2.24) is 10.3 Å². The molecular weight excluding hydrogens is 340 g/mol. The highest BCUT2D eigenvalue weighted by Gasteiger charge is 2.37. The van der Waals surface area contributed by atoms with Crippen LogP contribution in [-0.4, -0.2) is 16.5 Å². The molecule has 4 rings (SSSR count). The molecule has 2 heterocycles. The van der Waals surface area contributed by atoms with Crippen LogP contribution in [0.25, 0.3) is 10.8 Å². The Kier molecular flexibility index (Phi) is 4.22. The number of nitrogens with one attached hydrogen (secondary N) is 2. The number of para-hydroxylation sites is 1. The Balaban J connectivity index is 1.59. The normalized spacial score (nSPS) is 17.8. The van der Waals surface area contributed by atoms with Gasteiger partial charge in [-0.1, -0.05) is 36.4 Å². The van der Waals surface area contributed by atoms with Gasteiger partial charge >= 0.3 is 0 Å². The molecule has 138 valence electrons. The summed E-state index contributed by atoms with van der Waals surface area (Å²) in [5.41, 5.74) is 1.28. The molecule has 1 atom stereocenters. The van der Waals surface area contributed by atoms with Crippen molar-refractivity contribution in [1.29, 1.82) is 0 Å². The molecule has 1 amide bonds. The van der Waals surface area contributed by atoms with E-state index in [4.69, 9.17) is 4.74 Å². The van der Waals surface area contributed by atoms with E-state index >= 15 is 0 Å². The van der Waals surface area contributed by atoms with Crippen molar-refractivity contribution < 1.29 is 9.53 Å². The Labute approximate surface area is 157 Å². The zero-order chi connectivity index (χ0) is 19.0. The number of rotatable bonds is 3. The molecule has 0 aliphatic carbocycles. The van der Waals surface area contributed by atoms with Crippen LogP contribution in [-0.2, 0) is 11.3 Å². The van der Waals surface area contributed by atoms with Gasteiger partial charge in [0.05, 0.1) is 5.92 Å². The molecule has 0 spiro atoms. The first-order valence-electron chi connectivity index (χ1n) is 9.09. The van der Waals surface area contributed by atoms with Crippen molar-refractivity contribution >= 4 is 16.7 Å². The van der Waals surface area contributed by atoms with Gasteiger partial charge in [0, 0.05) is 30.1 Å². The summed E-state index contributed by atoms with van der Waals surface area (Å²) in [6, 6.07) is 15.1. The van der Waals surface area contributed by atoms with Crippen molar-refractivity contribution in [3.05, 3.63) is 76.2 Å². The van der Waals surface area contributed by atoms with Crippen molar-refractivity contribution in [2.24, 2.45) is 0 Å². The SMILES string of the molecule is CC1(C)CC(C(=O)NCc2c[nH]c(=O)c3ccccc23)c2ccccc2O1. The lowest BCUT2D eigenvalue weighted by molar-refractivity contribution is -0.124. The van der Waals surface area contributed by atoms with Gasteiger partial charge in [-0.05, 0) is 36.9 Å². The Morgan fingerprint density at radius 3 is 2.67 bits per heavy atom. The number of amides is 1. The first kappa shape index (κ1) is 17.3. The van der Waals surface area contributed by atoms with Crippen LogP contribution < -0.4 is 15.6 Å². The highest BCUT2D eigenvalue weighted by atomic mass is 16.5. The zero-order valence-electron chi connectivity index (χ0n) is 15.4. The van der Waals surface area contributed by atoms with E-state index in [0.29, 0.717) is 18.4 Å². The van der Waals surface area contributed by atoms with Crippen LogP contribution in [0.15, 0.2) is 59.5 Å². The molecule has 1 aliphatic rings. The monoisotopic (exact) mass is 362 g/mol. The molecule has 0 fully saturated rings. The minimum atomic E-state index is -0.402. The molecule has 27 heavy (non-hydrogen) atoms. The van der Waals surface area contributed by atoms with Gasteiger partial charge in [0.25, 0.3) is 5.56 Å². The molecule has 2 N–H and O–H groups in total. The summed E-state index contributed by atoms with van der Waals surface area (Å²) in [7, 11) is 0. The molecular formula is C22H22N2O3. The number of carbonyl (C=O) groups excluding carboxylic acids is 1. The summed E-state index contributed by atoms with van der Waals surface area (Å²) in [5, 5.41) is 4.52. The van der Waals surface area contributed by atoms with Gasteiger partial charge in [-0.3, -0.25) is 9.59 Å². The Morgan fingerprint density at radius 1 is 1.15 bits per heavy atom. The van der Waals surface area contributed by atoms with Crippen molar-refractivity contribution in [2.75, 3.05) is 0 Å². The molecule has 0 saturated heterocycles. The molecule has 5 heteroatoms. The average molecular weight is 362 g/mol. The Bertz CT molecular complexity index is 1070. The van der Waals surface area contributed by atoms with E-state index in [1.165, 1.54) is 0 Å². The third kappa shape index (κ3) is 3.33. The summed E-state index contributed by atoms with van der Waals surface area (Å²) < 4.78 is 6.01. The van der Waals surface area contributed by atoms with Crippen molar-refractivity contribution in [2.45, 2.75) is 38.3 Å². The molecule has 2 aromatic carbocycles. The maximum atomic E-state index is 13.0. The van der Waals surface area contributed by atoms with Gasteiger partial charge in [-0.15, -0.1) is 0 Å². The second-order valence-corrected chi connectivity index (χ2v) is 7.56. The summed E-state index contributed by atoms with van der Waals surface area (Å²) in [4.78, 5) is 27.7. The predicted octanol–water partition coefficient (Wildman–Crippen LogP) is 3.49. The minimum absolute atomic E-state index is 0.0332. The molecule has 0 bridgehead atoms. The summed E-state index contributed by atoms with van der Waals surface area (Å²) >= 11 is 0. The summed E-state index contributed by atoms with van der Waals surface area (Å²) in [5.74, 6) is 0.469. The van der Waals surface area contributed by atoms with Gasteiger partial charge in [0.15, 0.2) is 0 Å². The number of carbonyl (C=O) groups is 1. The third-order valence-corrected chi connectivity index (χ3v) is 5.04. The van der Waals surface area contributed by atoms with Crippen molar-refractivity contribution in [3.8, 4) is 5.75 Å². The van der Waals surface area contributed by atoms with Gasteiger partial charge in [0.2, 0.25) is 5.91 Å². The second-order valence-electron chi connectivity index (χ2n) is 7.56. The van der Waals surface area contributed by atoms with E-state index in [1.807, 2.05) is 56.3 Å². The highest BCUT2D eigenvalue weighted by molar-refractivity contribution is 5.87. The molecule has 1 aliphatic heterocycles. The molecule has 1 aromatic heterocycles. The maximum Gasteiger partial charge on any atom is 0.255 e. The lowest BCUT2D eigenvalue weighted by Gasteiger charge is -2.37. The van der Waals surface area contributed by atoms with Crippen LogP contribution in [0.5, 0.6) is 5.75 Å². The predicted molar refractivity (Wildman–Crippen MR) is 105 cm³/mol. The molecule has 1 unspecified atom stereocenters. The standard InChI is InChI=1S/C22H22N2O3/c1-22(2)11-18(16-8-5-6-10-19(16)27-22)21(26)24-13-14-12-23-20(25)17-9-4-3-7-15(14)17/h3-10,12,18H,11,13H2,1-2H3,(H,23,25)(H,24,26). The highest BCUT2D eigenvalue weighted by Crippen LogP contribution is 2.40.